The molecule has 238 valence electrons. The molecule has 46 heavy (non-hydrogen) atoms. The number of halogens is 3. The minimum absolute atomic E-state index is 0. The van der Waals surface area contributed by atoms with E-state index in [1.165, 1.54) is 44.6 Å². The van der Waals surface area contributed by atoms with Gasteiger partial charge in [-0.1, -0.05) is 56.2 Å². The summed E-state index contributed by atoms with van der Waals surface area (Å²) < 4.78 is 46.5. The van der Waals surface area contributed by atoms with E-state index in [0.29, 0.717) is 18.1 Å². The van der Waals surface area contributed by atoms with Crippen molar-refractivity contribution in [3.05, 3.63) is 108 Å². The van der Waals surface area contributed by atoms with Crippen molar-refractivity contribution in [2.75, 3.05) is 6.61 Å². The fourth-order valence-corrected chi connectivity index (χ4v) is 6.70. The van der Waals surface area contributed by atoms with E-state index in [2.05, 4.69) is 13.0 Å². The number of benzene rings is 4. The summed E-state index contributed by atoms with van der Waals surface area (Å²) in [5, 5.41) is 9.14. The van der Waals surface area contributed by atoms with Gasteiger partial charge in [-0.05, 0) is 104 Å². The van der Waals surface area contributed by atoms with Crippen LogP contribution in [0.1, 0.15) is 63.9 Å². The van der Waals surface area contributed by atoms with Crippen molar-refractivity contribution in [2.24, 2.45) is 23.7 Å². The number of ether oxygens (including phenoxy) is 1. The number of rotatable bonds is 6. The van der Waals surface area contributed by atoms with E-state index >= 15 is 0 Å². The van der Waals surface area contributed by atoms with Crippen LogP contribution in [0, 0.1) is 54.1 Å². The van der Waals surface area contributed by atoms with Crippen molar-refractivity contribution >= 4 is 0 Å². The number of aryl methyl sites for hydroxylation is 1. The zero-order chi connectivity index (χ0) is 31.1. The van der Waals surface area contributed by atoms with Crippen LogP contribution in [-0.2, 0) is 65.4 Å². The van der Waals surface area contributed by atoms with Crippen LogP contribution in [0.15, 0.2) is 78.9 Å². The van der Waals surface area contributed by atoms with Crippen molar-refractivity contribution in [2.45, 2.75) is 65.2 Å². The summed E-state index contributed by atoms with van der Waals surface area (Å²) >= 11 is 0. The van der Waals surface area contributed by atoms with Crippen molar-refractivity contribution < 1.29 is 88.4 Å². The minimum Gasteiger partial charge on any atom is -0.505 e. The van der Waals surface area contributed by atoms with Gasteiger partial charge in [0.1, 0.15) is 5.82 Å². The Hall–Kier alpha value is -1.52. The summed E-state index contributed by atoms with van der Waals surface area (Å²) in [6.45, 7) is 4.67. The zero-order valence-corrected chi connectivity index (χ0v) is 32.5. The summed E-state index contributed by atoms with van der Waals surface area (Å²) in [4.78, 5) is 0. The normalized spacial score (nSPS) is 20.7. The SMILES string of the molecule is CC1CCC(C2CCC(COc3ccc(O)c(F)c3F)CC2)CC1.Cc1ccc(-c2ccc(-c3cc[c-]cc3)cc2)c(F)c1.[Y].[Y]. The van der Waals surface area contributed by atoms with Gasteiger partial charge in [-0.3, -0.25) is 0 Å². The number of hydrogen-bond donors (Lipinski definition) is 1. The molecule has 2 fully saturated rings. The number of phenolic OH excluding ortho intramolecular Hbond substituents is 1. The first-order chi connectivity index (χ1) is 21.3. The predicted molar refractivity (Wildman–Crippen MR) is 171 cm³/mol. The van der Waals surface area contributed by atoms with Gasteiger partial charge in [-0.15, -0.1) is 5.56 Å². The second kappa shape index (κ2) is 18.9. The molecule has 0 amide bonds. The van der Waals surface area contributed by atoms with Gasteiger partial charge in [-0.2, -0.15) is 39.1 Å². The Bertz CT molecular complexity index is 1500. The second-order valence-corrected chi connectivity index (χ2v) is 12.7. The van der Waals surface area contributed by atoms with Gasteiger partial charge >= 0.3 is 0 Å². The Morgan fingerprint density at radius 1 is 0.696 bits per heavy atom. The number of aromatic hydroxyl groups is 1. The van der Waals surface area contributed by atoms with E-state index in [4.69, 9.17) is 9.84 Å². The molecule has 0 atom stereocenters. The third-order valence-electron chi connectivity index (χ3n) is 9.49. The molecular formula is C39H42F3O2Y2-. The van der Waals surface area contributed by atoms with Gasteiger partial charge in [0, 0.05) is 71.0 Å². The molecule has 4 aromatic carbocycles. The molecular weight excluding hydrogens is 735 g/mol. The molecule has 2 aliphatic carbocycles. The third kappa shape index (κ3) is 10.5. The Morgan fingerprint density at radius 2 is 1.26 bits per heavy atom. The quantitative estimate of drug-likeness (QED) is 0.198. The Balaban J connectivity index is 0.000000243. The maximum atomic E-state index is 14.0. The monoisotopic (exact) mass is 777 g/mol. The van der Waals surface area contributed by atoms with Gasteiger partial charge in [0.15, 0.2) is 11.5 Å². The van der Waals surface area contributed by atoms with E-state index in [1.807, 2.05) is 67.6 Å². The van der Waals surface area contributed by atoms with Crippen LogP contribution in [0.3, 0.4) is 0 Å². The maximum absolute atomic E-state index is 14.0. The predicted octanol–water partition coefficient (Wildman–Crippen LogP) is 10.9. The first-order valence-electron chi connectivity index (χ1n) is 15.9. The molecule has 2 aliphatic rings. The molecule has 0 unspecified atom stereocenters. The standard InChI is InChI=1S/C20H28F2O2.C19H14F.2Y/c1-13-2-6-15(7-3-13)16-8-4-14(5-9-16)12-24-18-11-10-17(23)19(21)20(18)22;1-14-7-12-18(19(20)13-14)17-10-8-16(9-11-17)15-5-3-2-4-6-15;;/h10-11,13-16,23H,2-9,12H2,1H3;3-13H,1H3;;/q;-1;;. The maximum Gasteiger partial charge on any atom is 0.204 e. The minimum atomic E-state index is -1.23. The van der Waals surface area contributed by atoms with E-state index < -0.39 is 17.4 Å². The fraction of sp³-hybridized carbons (Fsp3) is 0.385. The van der Waals surface area contributed by atoms with Gasteiger partial charge in [0.2, 0.25) is 11.6 Å². The Labute approximate surface area is 322 Å². The molecule has 0 heterocycles. The molecule has 6 rings (SSSR count). The van der Waals surface area contributed by atoms with Crippen LogP contribution in [0.4, 0.5) is 13.2 Å². The van der Waals surface area contributed by atoms with Crippen molar-refractivity contribution in [3.63, 3.8) is 0 Å². The molecule has 2 saturated carbocycles. The van der Waals surface area contributed by atoms with Crippen molar-refractivity contribution in [1.29, 1.82) is 0 Å². The van der Waals surface area contributed by atoms with E-state index in [0.717, 1.165) is 58.9 Å². The summed E-state index contributed by atoms with van der Waals surface area (Å²) in [6.07, 6.45) is 10.2. The average Bonchev–Trinajstić information content (AvgIpc) is 3.05. The number of hydrogen-bond acceptors (Lipinski definition) is 2. The molecule has 1 N–H and O–H groups in total. The Morgan fingerprint density at radius 3 is 1.87 bits per heavy atom. The average molecular weight is 778 g/mol. The van der Waals surface area contributed by atoms with Crippen LogP contribution in [0.5, 0.6) is 11.5 Å². The molecule has 0 aliphatic heterocycles. The first-order valence-corrected chi connectivity index (χ1v) is 15.9. The van der Waals surface area contributed by atoms with E-state index in [1.54, 1.807) is 6.07 Å². The van der Waals surface area contributed by atoms with Crippen LogP contribution in [0.25, 0.3) is 22.3 Å². The van der Waals surface area contributed by atoms with Crippen LogP contribution in [-0.4, -0.2) is 11.7 Å². The van der Waals surface area contributed by atoms with Crippen molar-refractivity contribution in [3.8, 4) is 33.8 Å². The largest absolute Gasteiger partial charge is 0.505 e. The summed E-state index contributed by atoms with van der Waals surface area (Å²) in [7, 11) is 0. The van der Waals surface area contributed by atoms with Gasteiger partial charge in [-0.25, -0.2) is 4.39 Å². The third-order valence-corrected chi connectivity index (χ3v) is 9.49. The van der Waals surface area contributed by atoms with Gasteiger partial charge in [0.25, 0.3) is 0 Å². The molecule has 0 spiro atoms. The van der Waals surface area contributed by atoms with Crippen molar-refractivity contribution in [1.82, 2.24) is 0 Å². The zero-order valence-electron chi connectivity index (χ0n) is 26.8. The Kier molecular flexibility index (Phi) is 16.0. The summed E-state index contributed by atoms with van der Waals surface area (Å²) in [5.74, 6) is -0.236. The second-order valence-electron chi connectivity index (χ2n) is 12.7. The molecule has 7 heteroatoms. The summed E-state index contributed by atoms with van der Waals surface area (Å²) in [6, 6.07) is 26.5. The summed E-state index contributed by atoms with van der Waals surface area (Å²) in [5.41, 5.74) is 4.73. The fourth-order valence-electron chi connectivity index (χ4n) is 6.70. The molecule has 0 aromatic heterocycles. The molecule has 4 aromatic rings. The smallest absolute Gasteiger partial charge is 0.204 e. The molecule has 2 radical (unpaired) electrons. The van der Waals surface area contributed by atoms with E-state index in [9.17, 15) is 13.2 Å². The van der Waals surface area contributed by atoms with Gasteiger partial charge in [0.05, 0.1) is 6.61 Å². The first kappa shape index (κ1) is 38.9. The topological polar surface area (TPSA) is 29.5 Å². The number of phenols is 1. The van der Waals surface area contributed by atoms with E-state index in [-0.39, 0.29) is 77.0 Å². The van der Waals surface area contributed by atoms with Crippen LogP contribution >= 0.6 is 0 Å². The van der Waals surface area contributed by atoms with Crippen LogP contribution < -0.4 is 4.74 Å². The molecule has 2 nitrogen and oxygen atoms in total. The van der Waals surface area contributed by atoms with Gasteiger partial charge < -0.3 is 9.84 Å². The molecule has 0 bridgehead atoms. The molecule has 0 saturated heterocycles. The van der Waals surface area contributed by atoms with Crippen LogP contribution in [0.2, 0.25) is 0 Å².